The number of likely N-dealkylation sites (tertiary alicyclic amines) is 1. The van der Waals surface area contributed by atoms with E-state index in [9.17, 15) is 9.59 Å². The molecule has 1 N–H and O–H groups in total. The van der Waals surface area contributed by atoms with Gasteiger partial charge in [0.25, 0.3) is 5.91 Å². The number of nitrogens with one attached hydrogen (secondary N) is 1. The van der Waals surface area contributed by atoms with Crippen molar-refractivity contribution in [3.8, 4) is 0 Å². The Bertz CT molecular complexity index is 725. The first-order valence-corrected chi connectivity index (χ1v) is 9.55. The first-order valence-electron chi connectivity index (χ1n) is 8.67. The van der Waals surface area contributed by atoms with E-state index >= 15 is 0 Å². The molecule has 1 aromatic carbocycles. The molecule has 132 valence electrons. The van der Waals surface area contributed by atoms with Gasteiger partial charge >= 0.3 is 0 Å². The molecule has 1 fully saturated rings. The molecule has 25 heavy (non-hydrogen) atoms. The molecule has 1 saturated heterocycles. The lowest BCUT2D eigenvalue weighted by Crippen LogP contribution is -2.48. The standard InChI is InChI=1S/C20H24N2O2S/c1-20(2,15-8-4-3-5-9-15)14-21-18(23)16-10-6-12-22(16)19(24)17-11-7-13-25-17/h3-5,7-9,11,13,16H,6,10,12,14H2,1-2H3,(H,21,23)/t16-/m0/s1. The van der Waals surface area contributed by atoms with Crippen molar-refractivity contribution in [1.82, 2.24) is 10.2 Å². The number of carbonyl (C=O) groups is 2. The second-order valence-electron chi connectivity index (χ2n) is 7.10. The van der Waals surface area contributed by atoms with E-state index in [-0.39, 0.29) is 23.3 Å². The minimum Gasteiger partial charge on any atom is -0.353 e. The summed E-state index contributed by atoms with van der Waals surface area (Å²) in [5, 5.41) is 4.95. The highest BCUT2D eigenvalue weighted by atomic mass is 32.1. The van der Waals surface area contributed by atoms with E-state index in [1.165, 1.54) is 16.9 Å². The maximum Gasteiger partial charge on any atom is 0.264 e. The molecular formula is C20H24N2O2S. The van der Waals surface area contributed by atoms with E-state index in [0.29, 0.717) is 18.0 Å². The summed E-state index contributed by atoms with van der Waals surface area (Å²) < 4.78 is 0. The number of rotatable bonds is 5. The van der Waals surface area contributed by atoms with Crippen LogP contribution in [0, 0.1) is 0 Å². The molecule has 1 aliphatic rings. The maximum atomic E-state index is 12.7. The lowest BCUT2D eigenvalue weighted by molar-refractivity contribution is -0.125. The molecule has 2 heterocycles. The van der Waals surface area contributed by atoms with Crippen LogP contribution in [-0.4, -0.2) is 35.8 Å². The van der Waals surface area contributed by atoms with Gasteiger partial charge in [0.2, 0.25) is 5.91 Å². The zero-order valence-electron chi connectivity index (χ0n) is 14.7. The highest BCUT2D eigenvalue weighted by Gasteiger charge is 2.35. The summed E-state index contributed by atoms with van der Waals surface area (Å²) >= 11 is 1.42. The average molecular weight is 356 g/mol. The summed E-state index contributed by atoms with van der Waals surface area (Å²) in [7, 11) is 0. The topological polar surface area (TPSA) is 49.4 Å². The summed E-state index contributed by atoms with van der Waals surface area (Å²) in [6, 6.07) is 13.5. The van der Waals surface area contributed by atoms with Gasteiger partial charge in [-0.15, -0.1) is 11.3 Å². The van der Waals surface area contributed by atoms with Crippen molar-refractivity contribution in [1.29, 1.82) is 0 Å². The van der Waals surface area contributed by atoms with E-state index in [4.69, 9.17) is 0 Å². The van der Waals surface area contributed by atoms with E-state index in [0.717, 1.165) is 12.8 Å². The van der Waals surface area contributed by atoms with Crippen LogP contribution in [0.15, 0.2) is 47.8 Å². The normalized spacial score (nSPS) is 17.5. The van der Waals surface area contributed by atoms with Crippen LogP contribution >= 0.6 is 11.3 Å². The Hall–Kier alpha value is -2.14. The van der Waals surface area contributed by atoms with Gasteiger partial charge in [-0.2, -0.15) is 0 Å². The minimum atomic E-state index is -0.360. The Morgan fingerprint density at radius 2 is 1.96 bits per heavy atom. The van der Waals surface area contributed by atoms with Gasteiger partial charge in [-0.3, -0.25) is 9.59 Å². The molecule has 5 heteroatoms. The van der Waals surface area contributed by atoms with Crippen LogP contribution in [0.5, 0.6) is 0 Å². The molecular weight excluding hydrogens is 332 g/mol. The Morgan fingerprint density at radius 1 is 1.20 bits per heavy atom. The molecule has 1 aromatic heterocycles. The third kappa shape index (κ3) is 3.93. The van der Waals surface area contributed by atoms with Gasteiger partial charge in [-0.1, -0.05) is 50.2 Å². The summed E-state index contributed by atoms with van der Waals surface area (Å²) in [6.45, 7) is 5.43. The Balaban J connectivity index is 1.63. The Kier molecular flexibility index (Phi) is 5.23. The van der Waals surface area contributed by atoms with Crippen LogP contribution in [0.3, 0.4) is 0 Å². The molecule has 0 spiro atoms. The molecule has 0 radical (unpaired) electrons. The van der Waals surface area contributed by atoms with Crippen molar-refractivity contribution in [3.05, 3.63) is 58.3 Å². The predicted molar refractivity (Wildman–Crippen MR) is 101 cm³/mol. The molecule has 0 aliphatic carbocycles. The zero-order valence-corrected chi connectivity index (χ0v) is 15.5. The van der Waals surface area contributed by atoms with Crippen molar-refractivity contribution in [2.75, 3.05) is 13.1 Å². The molecule has 0 unspecified atom stereocenters. The van der Waals surface area contributed by atoms with Gasteiger partial charge < -0.3 is 10.2 Å². The fourth-order valence-corrected chi connectivity index (χ4v) is 3.92. The van der Waals surface area contributed by atoms with Crippen molar-refractivity contribution in [3.63, 3.8) is 0 Å². The fourth-order valence-electron chi connectivity index (χ4n) is 3.24. The van der Waals surface area contributed by atoms with Crippen molar-refractivity contribution >= 4 is 23.2 Å². The number of hydrogen-bond donors (Lipinski definition) is 1. The monoisotopic (exact) mass is 356 g/mol. The van der Waals surface area contributed by atoms with Crippen LogP contribution in [0.4, 0.5) is 0 Å². The second-order valence-corrected chi connectivity index (χ2v) is 8.05. The number of nitrogens with zero attached hydrogens (tertiary/aromatic N) is 1. The quantitative estimate of drug-likeness (QED) is 0.892. The van der Waals surface area contributed by atoms with Gasteiger partial charge in [0, 0.05) is 18.5 Å². The Morgan fingerprint density at radius 3 is 2.64 bits per heavy atom. The van der Waals surface area contributed by atoms with Crippen LogP contribution in [0.2, 0.25) is 0 Å². The largest absolute Gasteiger partial charge is 0.353 e. The summed E-state index contributed by atoms with van der Waals surface area (Å²) in [4.78, 5) is 27.7. The van der Waals surface area contributed by atoms with Crippen LogP contribution < -0.4 is 5.32 Å². The number of benzene rings is 1. The minimum absolute atomic E-state index is 0.0324. The average Bonchev–Trinajstić information content (AvgIpc) is 3.31. The highest BCUT2D eigenvalue weighted by Crippen LogP contribution is 2.24. The van der Waals surface area contributed by atoms with E-state index in [1.807, 2.05) is 35.7 Å². The van der Waals surface area contributed by atoms with Crippen LogP contribution in [-0.2, 0) is 10.2 Å². The predicted octanol–water partition coefficient (Wildman–Crippen LogP) is 3.45. The third-order valence-electron chi connectivity index (χ3n) is 4.81. The summed E-state index contributed by atoms with van der Waals surface area (Å²) in [6.07, 6.45) is 1.60. The van der Waals surface area contributed by atoms with Crippen LogP contribution in [0.1, 0.15) is 41.9 Å². The van der Waals surface area contributed by atoms with Gasteiger partial charge in [0.15, 0.2) is 0 Å². The molecule has 4 nitrogen and oxygen atoms in total. The summed E-state index contributed by atoms with van der Waals surface area (Å²) in [5.74, 6) is -0.0821. The zero-order chi connectivity index (χ0) is 17.9. The van der Waals surface area contributed by atoms with E-state index in [2.05, 4.69) is 31.3 Å². The fraction of sp³-hybridized carbons (Fsp3) is 0.400. The molecule has 1 atom stereocenters. The first-order chi connectivity index (χ1) is 12.0. The number of hydrogen-bond acceptors (Lipinski definition) is 3. The van der Waals surface area contributed by atoms with Gasteiger partial charge in [-0.05, 0) is 29.9 Å². The number of amides is 2. The SMILES string of the molecule is CC(C)(CNC(=O)[C@@H]1CCCN1C(=O)c1cccs1)c1ccccc1. The second kappa shape index (κ2) is 7.40. The number of thiophene rings is 1. The van der Waals surface area contributed by atoms with Crippen LogP contribution in [0.25, 0.3) is 0 Å². The molecule has 0 saturated carbocycles. The first kappa shape index (κ1) is 17.7. The van der Waals surface area contributed by atoms with Crippen molar-refractivity contribution in [2.24, 2.45) is 0 Å². The van der Waals surface area contributed by atoms with Crippen molar-refractivity contribution < 1.29 is 9.59 Å². The number of carbonyl (C=O) groups excluding carboxylic acids is 2. The van der Waals surface area contributed by atoms with Crippen molar-refractivity contribution in [2.45, 2.75) is 38.1 Å². The highest BCUT2D eigenvalue weighted by molar-refractivity contribution is 7.12. The van der Waals surface area contributed by atoms with E-state index in [1.54, 1.807) is 4.90 Å². The van der Waals surface area contributed by atoms with Gasteiger partial charge in [0.1, 0.15) is 6.04 Å². The van der Waals surface area contributed by atoms with E-state index < -0.39 is 0 Å². The summed E-state index contributed by atoms with van der Waals surface area (Å²) in [5.41, 5.74) is 1.03. The lowest BCUT2D eigenvalue weighted by Gasteiger charge is -2.28. The molecule has 2 amide bonds. The molecule has 2 aromatic rings. The maximum absolute atomic E-state index is 12.7. The molecule has 0 bridgehead atoms. The Labute approximate surface area is 152 Å². The molecule has 3 rings (SSSR count). The van der Waals surface area contributed by atoms with Gasteiger partial charge in [-0.25, -0.2) is 0 Å². The third-order valence-corrected chi connectivity index (χ3v) is 5.67. The smallest absolute Gasteiger partial charge is 0.264 e. The van der Waals surface area contributed by atoms with Gasteiger partial charge in [0.05, 0.1) is 4.88 Å². The lowest BCUT2D eigenvalue weighted by atomic mass is 9.84. The molecule has 1 aliphatic heterocycles.